The minimum absolute atomic E-state index is 0.282. The van der Waals surface area contributed by atoms with Gasteiger partial charge in [-0.3, -0.25) is 4.79 Å². The number of amides is 1. The molecule has 0 saturated heterocycles. The zero-order chi connectivity index (χ0) is 18.0. The van der Waals surface area contributed by atoms with Gasteiger partial charge in [-0.2, -0.15) is 5.26 Å². The number of nitriles is 1. The number of nitrogens with one attached hydrogen (secondary N) is 1. The number of carbonyl (C=O) groups is 1. The molecule has 1 aromatic rings. The number of carbonyl (C=O) groups excluding carboxylic acids is 1. The molecule has 0 bridgehead atoms. The number of nitrogens with zero attached hydrogens (tertiary/aromatic N) is 2. The van der Waals surface area contributed by atoms with E-state index in [4.69, 9.17) is 21.6 Å². The number of hydrogen-bond acceptors (Lipinski definition) is 5. The lowest BCUT2D eigenvalue weighted by Crippen LogP contribution is -2.47. The fraction of sp³-hybridized carbons (Fsp3) is 0.471. The Morgan fingerprint density at radius 3 is 2.83 bits per heavy atom. The van der Waals surface area contributed by atoms with Crippen molar-refractivity contribution in [2.24, 2.45) is 0 Å². The molecule has 24 heavy (non-hydrogen) atoms. The minimum atomic E-state index is -0.738. The van der Waals surface area contributed by atoms with E-state index in [1.165, 1.54) is 18.0 Å². The van der Waals surface area contributed by atoms with E-state index in [9.17, 15) is 4.79 Å². The molecule has 0 aliphatic carbocycles. The molecule has 0 aliphatic heterocycles. The third-order valence-electron chi connectivity index (χ3n) is 2.78. The molecule has 0 fully saturated rings. The van der Waals surface area contributed by atoms with E-state index in [0.29, 0.717) is 23.7 Å². The largest absolute Gasteiger partial charge is 0.453 e. The van der Waals surface area contributed by atoms with Gasteiger partial charge in [0.2, 0.25) is 11.3 Å². The van der Waals surface area contributed by atoms with Crippen LogP contribution in [-0.2, 0) is 4.79 Å². The summed E-state index contributed by atoms with van der Waals surface area (Å²) in [7, 11) is 0. The molecule has 1 aromatic heterocycles. The van der Waals surface area contributed by atoms with Crippen molar-refractivity contribution in [2.75, 3.05) is 6.26 Å². The molecule has 0 aromatic carbocycles. The van der Waals surface area contributed by atoms with E-state index >= 15 is 0 Å². The van der Waals surface area contributed by atoms with Gasteiger partial charge in [0, 0.05) is 25.1 Å². The van der Waals surface area contributed by atoms with Crippen LogP contribution in [0.4, 0.5) is 0 Å². The molecule has 7 heteroatoms. The highest BCUT2D eigenvalue weighted by Gasteiger charge is 2.25. The molecule has 1 rings (SSSR count). The van der Waals surface area contributed by atoms with Gasteiger partial charge in [-0.05, 0) is 32.6 Å². The minimum Gasteiger partial charge on any atom is -0.453 e. The number of unbranched alkanes of at least 4 members (excludes halogenated alkanes) is 2. The molecule has 1 N–H and O–H groups in total. The van der Waals surface area contributed by atoms with Crippen molar-refractivity contribution >= 4 is 29.3 Å². The first-order chi connectivity index (χ1) is 11.4. The van der Waals surface area contributed by atoms with Crippen LogP contribution < -0.4 is 10.1 Å². The molecular formula is C17H20ClN3O2S. The van der Waals surface area contributed by atoms with Crippen LogP contribution in [-0.4, -0.2) is 28.1 Å². The highest BCUT2D eigenvalue weighted by atomic mass is 35.5. The van der Waals surface area contributed by atoms with Gasteiger partial charge in [-0.25, -0.2) is 4.98 Å². The highest BCUT2D eigenvalue weighted by molar-refractivity contribution is 7.99. The van der Waals surface area contributed by atoms with Crippen LogP contribution in [0.25, 0.3) is 0 Å². The maximum absolute atomic E-state index is 12.4. The van der Waals surface area contributed by atoms with Crippen molar-refractivity contribution in [1.82, 2.24) is 10.3 Å². The van der Waals surface area contributed by atoms with Crippen molar-refractivity contribution in [2.45, 2.75) is 44.1 Å². The van der Waals surface area contributed by atoms with E-state index < -0.39 is 11.0 Å². The number of hydrogen-bond donors (Lipinski definition) is 1. The van der Waals surface area contributed by atoms with E-state index in [1.807, 2.05) is 13.8 Å². The molecular weight excluding hydrogens is 346 g/mol. The number of halogens is 1. The Balaban J connectivity index is 2.62. The number of pyridine rings is 1. The second-order valence-electron chi connectivity index (χ2n) is 5.43. The zero-order valence-electron chi connectivity index (χ0n) is 13.9. The van der Waals surface area contributed by atoms with Gasteiger partial charge in [0.05, 0.1) is 16.6 Å². The summed E-state index contributed by atoms with van der Waals surface area (Å²) in [5.41, 5.74) is -1.42. The van der Waals surface area contributed by atoms with E-state index in [0.717, 1.165) is 6.42 Å². The van der Waals surface area contributed by atoms with Gasteiger partial charge in [0.1, 0.15) is 0 Å². The molecule has 0 aliphatic rings. The monoisotopic (exact) mass is 365 g/mol. The summed E-state index contributed by atoms with van der Waals surface area (Å²) in [5.74, 6) is 6.04. The van der Waals surface area contributed by atoms with Crippen LogP contribution in [0.1, 0.15) is 33.1 Å². The molecule has 1 amide bonds. The van der Waals surface area contributed by atoms with Crippen molar-refractivity contribution in [3.05, 3.63) is 23.4 Å². The molecule has 1 unspecified atom stereocenters. The summed E-state index contributed by atoms with van der Waals surface area (Å²) >= 11 is 7.04. The number of ether oxygens (including phenoxy) is 1. The third kappa shape index (κ3) is 7.59. The van der Waals surface area contributed by atoms with Crippen LogP contribution >= 0.6 is 23.4 Å². The Labute approximate surface area is 152 Å². The average molecular weight is 366 g/mol. The molecule has 5 nitrogen and oxygen atoms in total. The van der Waals surface area contributed by atoms with Crippen molar-refractivity contribution in [3.63, 3.8) is 0 Å². The molecule has 1 heterocycles. The fourth-order valence-electron chi connectivity index (χ4n) is 1.69. The number of thioether (sulfide) groups is 1. The van der Waals surface area contributed by atoms with E-state index in [2.05, 4.69) is 28.2 Å². The van der Waals surface area contributed by atoms with Gasteiger partial charge in [0.15, 0.2) is 0 Å². The first-order valence-corrected chi connectivity index (χ1v) is 9.04. The van der Waals surface area contributed by atoms with E-state index in [1.54, 1.807) is 18.4 Å². The maximum Gasteiger partial charge on any atom is 0.272 e. The third-order valence-corrected chi connectivity index (χ3v) is 3.75. The lowest BCUT2D eigenvalue weighted by atomic mass is 10.1. The lowest BCUT2D eigenvalue weighted by molar-refractivity contribution is -0.125. The summed E-state index contributed by atoms with van der Waals surface area (Å²) in [6.45, 7) is 3.64. The average Bonchev–Trinajstić information content (AvgIpc) is 2.53. The molecule has 0 spiro atoms. The Hall–Kier alpha value is -1.89. The number of aromatic nitrogens is 1. The molecule has 1 atom stereocenters. The Kier molecular flexibility index (Phi) is 8.46. The standard InChI is InChI=1S/C17H20ClN3O2S/c1-17(2,10-6-4-5-7-11-19)21-15(22)16(24-3)23-14-9-8-13(18)12-20-14/h8-9,12,16H,4-5,7H2,1-3H3,(H,21,22). The Morgan fingerprint density at radius 1 is 1.50 bits per heavy atom. The molecule has 0 radical (unpaired) electrons. The van der Waals surface area contributed by atoms with Crippen LogP contribution in [0.5, 0.6) is 5.88 Å². The Morgan fingerprint density at radius 2 is 2.25 bits per heavy atom. The first-order valence-electron chi connectivity index (χ1n) is 7.38. The summed E-state index contributed by atoms with van der Waals surface area (Å²) < 4.78 is 5.58. The summed E-state index contributed by atoms with van der Waals surface area (Å²) in [6, 6.07) is 5.33. The quantitative estimate of drug-likeness (QED) is 0.455. The highest BCUT2D eigenvalue weighted by Crippen LogP contribution is 2.17. The summed E-state index contributed by atoms with van der Waals surface area (Å²) in [5, 5.41) is 11.8. The molecule has 128 valence electrons. The summed E-state index contributed by atoms with van der Waals surface area (Å²) in [4.78, 5) is 16.4. The smallest absolute Gasteiger partial charge is 0.272 e. The Bertz CT molecular complexity index is 645. The SMILES string of the molecule is CSC(Oc1ccc(Cl)cn1)C(=O)NC(C)(C)C#CCCCC#N. The van der Waals surface area contributed by atoms with Gasteiger partial charge < -0.3 is 10.1 Å². The van der Waals surface area contributed by atoms with Gasteiger partial charge >= 0.3 is 0 Å². The van der Waals surface area contributed by atoms with Crippen LogP contribution in [0, 0.1) is 23.2 Å². The van der Waals surface area contributed by atoms with Gasteiger partial charge in [0.25, 0.3) is 5.91 Å². The topological polar surface area (TPSA) is 75.0 Å². The van der Waals surface area contributed by atoms with Crippen molar-refractivity contribution in [3.8, 4) is 23.8 Å². The van der Waals surface area contributed by atoms with Crippen LogP contribution in [0.3, 0.4) is 0 Å². The zero-order valence-corrected chi connectivity index (χ0v) is 15.5. The fourth-order valence-corrected chi connectivity index (χ4v) is 2.27. The normalized spacial score (nSPS) is 11.6. The predicted molar refractivity (Wildman–Crippen MR) is 96.6 cm³/mol. The van der Waals surface area contributed by atoms with E-state index in [-0.39, 0.29) is 5.91 Å². The van der Waals surface area contributed by atoms with Gasteiger partial charge in [-0.15, -0.1) is 17.7 Å². The van der Waals surface area contributed by atoms with Crippen molar-refractivity contribution in [1.29, 1.82) is 5.26 Å². The first kappa shape index (κ1) is 20.2. The summed E-state index contributed by atoms with van der Waals surface area (Å²) in [6.07, 6.45) is 5.08. The lowest BCUT2D eigenvalue weighted by Gasteiger charge is -2.23. The predicted octanol–water partition coefficient (Wildman–Crippen LogP) is 3.39. The maximum atomic E-state index is 12.4. The second-order valence-corrected chi connectivity index (χ2v) is 6.76. The van der Waals surface area contributed by atoms with Crippen LogP contribution in [0.15, 0.2) is 18.3 Å². The van der Waals surface area contributed by atoms with Gasteiger partial charge in [-0.1, -0.05) is 17.5 Å². The second kappa shape index (κ2) is 10.1. The number of rotatable bonds is 7. The molecule has 0 saturated carbocycles. The van der Waals surface area contributed by atoms with Crippen LogP contribution in [0.2, 0.25) is 5.02 Å². The van der Waals surface area contributed by atoms with Crippen molar-refractivity contribution < 1.29 is 9.53 Å².